The summed E-state index contributed by atoms with van der Waals surface area (Å²) in [5.74, 6) is -0.318. The summed E-state index contributed by atoms with van der Waals surface area (Å²) in [6, 6.07) is 4.74. The molecule has 4 nitrogen and oxygen atoms in total. The first-order chi connectivity index (χ1) is 8.29. The standard InChI is InChI=1S/C13H11Cl2NO2.H2O/c1-12-6-13(12,2)11(18)16(10(12)17)9-4-7(14)3-8(15)5-9;/h3-5H,6H2,1-2H3;1H2. The highest BCUT2D eigenvalue weighted by molar-refractivity contribution is 6.36. The van der Waals surface area contributed by atoms with Gasteiger partial charge in [-0.25, -0.2) is 4.90 Å². The Labute approximate surface area is 120 Å². The van der Waals surface area contributed by atoms with E-state index in [0.29, 0.717) is 22.2 Å². The molecule has 6 heteroatoms. The summed E-state index contributed by atoms with van der Waals surface area (Å²) >= 11 is 11.8. The van der Waals surface area contributed by atoms with Gasteiger partial charge in [-0.05, 0) is 38.5 Å². The van der Waals surface area contributed by atoms with Gasteiger partial charge in [-0.15, -0.1) is 0 Å². The first-order valence-corrected chi connectivity index (χ1v) is 6.40. The number of imide groups is 1. The van der Waals surface area contributed by atoms with Crippen molar-refractivity contribution >= 4 is 40.7 Å². The predicted molar refractivity (Wildman–Crippen MR) is 73.4 cm³/mol. The number of anilines is 1. The van der Waals surface area contributed by atoms with Gasteiger partial charge >= 0.3 is 0 Å². The van der Waals surface area contributed by atoms with Crippen LogP contribution in [0.2, 0.25) is 10.0 Å². The molecule has 19 heavy (non-hydrogen) atoms. The molecule has 1 aromatic carbocycles. The summed E-state index contributed by atoms with van der Waals surface area (Å²) < 4.78 is 0. The van der Waals surface area contributed by atoms with Gasteiger partial charge in [-0.3, -0.25) is 9.59 Å². The maximum absolute atomic E-state index is 12.3. The van der Waals surface area contributed by atoms with E-state index in [0.717, 1.165) is 0 Å². The van der Waals surface area contributed by atoms with E-state index in [1.54, 1.807) is 18.2 Å². The second-order valence-electron chi connectivity index (χ2n) is 5.41. The number of halogens is 2. The van der Waals surface area contributed by atoms with Crippen LogP contribution in [0, 0.1) is 10.8 Å². The van der Waals surface area contributed by atoms with Crippen molar-refractivity contribution < 1.29 is 15.1 Å². The van der Waals surface area contributed by atoms with Crippen LogP contribution in [0.5, 0.6) is 0 Å². The van der Waals surface area contributed by atoms with Crippen molar-refractivity contribution in [2.24, 2.45) is 10.8 Å². The van der Waals surface area contributed by atoms with Crippen molar-refractivity contribution in [1.82, 2.24) is 0 Å². The number of piperidine rings is 1. The number of fused-ring (bicyclic) bond motifs is 1. The average molecular weight is 302 g/mol. The molecule has 1 aliphatic heterocycles. The van der Waals surface area contributed by atoms with Crippen LogP contribution in [0.3, 0.4) is 0 Å². The fourth-order valence-electron chi connectivity index (χ4n) is 2.77. The third kappa shape index (κ3) is 1.64. The first kappa shape index (κ1) is 14.3. The molecular weight excluding hydrogens is 289 g/mol. The molecule has 0 bridgehead atoms. The number of carbonyl (C=O) groups excluding carboxylic acids is 2. The molecule has 2 N–H and O–H groups in total. The third-order valence-corrected chi connectivity index (χ3v) is 4.69. The lowest BCUT2D eigenvalue weighted by atomic mass is 10.00. The van der Waals surface area contributed by atoms with E-state index >= 15 is 0 Å². The van der Waals surface area contributed by atoms with Crippen LogP contribution >= 0.6 is 23.2 Å². The van der Waals surface area contributed by atoms with Gasteiger partial charge in [-0.2, -0.15) is 0 Å². The van der Waals surface area contributed by atoms with Crippen molar-refractivity contribution in [3.8, 4) is 0 Å². The van der Waals surface area contributed by atoms with E-state index in [1.165, 1.54) is 4.90 Å². The lowest BCUT2D eigenvalue weighted by molar-refractivity contribution is -0.125. The molecule has 1 aliphatic carbocycles. The maximum Gasteiger partial charge on any atom is 0.240 e. The minimum atomic E-state index is -0.557. The normalized spacial score (nSPS) is 32.1. The Kier molecular flexibility index (Phi) is 2.97. The van der Waals surface area contributed by atoms with Crippen LogP contribution in [0.25, 0.3) is 0 Å². The Morgan fingerprint density at radius 2 is 1.42 bits per heavy atom. The topological polar surface area (TPSA) is 68.9 Å². The second-order valence-corrected chi connectivity index (χ2v) is 6.29. The molecule has 2 atom stereocenters. The van der Waals surface area contributed by atoms with Crippen molar-refractivity contribution in [2.75, 3.05) is 4.90 Å². The molecule has 102 valence electrons. The fourth-order valence-corrected chi connectivity index (χ4v) is 3.29. The number of nitrogens with zero attached hydrogens (tertiary/aromatic N) is 1. The minimum absolute atomic E-state index is 0. The van der Waals surface area contributed by atoms with Gasteiger partial charge in [-0.1, -0.05) is 23.2 Å². The Hall–Kier alpha value is -1.10. The number of hydrogen-bond acceptors (Lipinski definition) is 2. The van der Waals surface area contributed by atoms with Crippen LogP contribution in [0.1, 0.15) is 20.3 Å². The van der Waals surface area contributed by atoms with Crippen LogP contribution < -0.4 is 4.90 Å². The minimum Gasteiger partial charge on any atom is -0.412 e. The van der Waals surface area contributed by atoms with E-state index in [9.17, 15) is 9.59 Å². The molecule has 0 radical (unpaired) electrons. The molecule has 1 saturated carbocycles. The van der Waals surface area contributed by atoms with E-state index in [-0.39, 0.29) is 17.3 Å². The van der Waals surface area contributed by atoms with Crippen LogP contribution in [0.4, 0.5) is 5.69 Å². The zero-order valence-electron chi connectivity index (χ0n) is 10.5. The van der Waals surface area contributed by atoms with Crippen molar-refractivity contribution in [3.05, 3.63) is 28.2 Å². The van der Waals surface area contributed by atoms with Crippen LogP contribution in [0.15, 0.2) is 18.2 Å². The summed E-state index contributed by atoms with van der Waals surface area (Å²) in [4.78, 5) is 25.9. The zero-order valence-corrected chi connectivity index (χ0v) is 12.0. The van der Waals surface area contributed by atoms with Gasteiger partial charge in [0.05, 0.1) is 16.5 Å². The highest BCUT2D eigenvalue weighted by Gasteiger charge is 2.77. The number of benzene rings is 1. The average Bonchev–Trinajstić information content (AvgIpc) is 2.78. The SMILES string of the molecule is CC12CC1(C)C(=O)N(c1cc(Cl)cc(Cl)c1)C2=O.O. The Bertz CT molecular complexity index is 557. The molecule has 2 fully saturated rings. The van der Waals surface area contributed by atoms with E-state index < -0.39 is 10.8 Å². The quantitative estimate of drug-likeness (QED) is 0.748. The summed E-state index contributed by atoms with van der Waals surface area (Å²) in [5.41, 5.74) is -0.658. The van der Waals surface area contributed by atoms with Crippen molar-refractivity contribution in [2.45, 2.75) is 20.3 Å². The first-order valence-electron chi connectivity index (χ1n) is 5.65. The molecule has 1 aromatic rings. The van der Waals surface area contributed by atoms with Gasteiger partial charge < -0.3 is 5.48 Å². The molecule has 1 heterocycles. The van der Waals surface area contributed by atoms with E-state index in [4.69, 9.17) is 23.2 Å². The highest BCUT2D eigenvalue weighted by atomic mass is 35.5. The smallest absolute Gasteiger partial charge is 0.240 e. The third-order valence-electron chi connectivity index (χ3n) is 4.26. The van der Waals surface area contributed by atoms with Crippen LogP contribution in [-0.4, -0.2) is 17.3 Å². The number of amides is 2. The molecule has 1 saturated heterocycles. The molecule has 3 rings (SSSR count). The van der Waals surface area contributed by atoms with Gasteiger partial charge in [0.2, 0.25) is 11.8 Å². The van der Waals surface area contributed by atoms with Crippen LogP contribution in [-0.2, 0) is 9.59 Å². The second kappa shape index (κ2) is 3.95. The Morgan fingerprint density at radius 3 is 1.84 bits per heavy atom. The molecular formula is C13H13Cl2NO3. The van der Waals surface area contributed by atoms with E-state index in [2.05, 4.69) is 0 Å². The van der Waals surface area contributed by atoms with Crippen molar-refractivity contribution in [3.63, 3.8) is 0 Å². The Morgan fingerprint density at radius 1 is 1.00 bits per heavy atom. The number of carbonyl (C=O) groups is 2. The van der Waals surface area contributed by atoms with E-state index in [1.807, 2.05) is 13.8 Å². The number of rotatable bonds is 1. The van der Waals surface area contributed by atoms with Crippen molar-refractivity contribution in [1.29, 1.82) is 0 Å². The van der Waals surface area contributed by atoms with Gasteiger partial charge in [0, 0.05) is 10.0 Å². The fraction of sp³-hybridized carbons (Fsp3) is 0.385. The van der Waals surface area contributed by atoms with Gasteiger partial charge in [0.15, 0.2) is 0 Å². The summed E-state index contributed by atoms with van der Waals surface area (Å²) in [7, 11) is 0. The zero-order chi connectivity index (χ0) is 13.3. The predicted octanol–water partition coefficient (Wildman–Crippen LogP) is 2.46. The monoisotopic (exact) mass is 301 g/mol. The molecule has 2 amide bonds. The highest BCUT2D eigenvalue weighted by Crippen LogP contribution is 2.69. The summed E-state index contributed by atoms with van der Waals surface area (Å²) in [6.07, 6.45) is 0.627. The lowest BCUT2D eigenvalue weighted by Crippen LogP contribution is -2.35. The van der Waals surface area contributed by atoms with Gasteiger partial charge in [0.1, 0.15) is 0 Å². The largest absolute Gasteiger partial charge is 0.412 e. The molecule has 2 aliphatic rings. The maximum atomic E-state index is 12.3. The Balaban J connectivity index is 0.00000133. The molecule has 2 unspecified atom stereocenters. The number of hydrogen-bond donors (Lipinski definition) is 0. The van der Waals surface area contributed by atoms with Gasteiger partial charge in [0.25, 0.3) is 0 Å². The molecule has 0 aromatic heterocycles. The summed E-state index contributed by atoms with van der Waals surface area (Å²) in [6.45, 7) is 3.67. The summed E-state index contributed by atoms with van der Waals surface area (Å²) in [5, 5.41) is 0.822. The lowest BCUT2D eigenvalue weighted by Gasteiger charge is -2.19. The molecule has 0 spiro atoms.